The summed E-state index contributed by atoms with van der Waals surface area (Å²) in [4.78, 5) is 40.0. The van der Waals surface area contributed by atoms with Crippen molar-refractivity contribution in [3.05, 3.63) is 72.4 Å². The van der Waals surface area contributed by atoms with E-state index in [0.29, 0.717) is 11.3 Å². The molecule has 170 valence electrons. The van der Waals surface area contributed by atoms with Gasteiger partial charge in [0, 0.05) is 23.4 Å². The highest BCUT2D eigenvalue weighted by Gasteiger charge is 2.31. The van der Waals surface area contributed by atoms with Gasteiger partial charge in [0.05, 0.1) is 23.5 Å². The van der Waals surface area contributed by atoms with Gasteiger partial charge in [-0.15, -0.1) is 13.2 Å². The Bertz CT molecular complexity index is 1180. The predicted molar refractivity (Wildman–Crippen MR) is 109 cm³/mol. The fourth-order valence-corrected chi connectivity index (χ4v) is 2.87. The van der Waals surface area contributed by atoms with E-state index in [1.165, 1.54) is 6.07 Å². The second kappa shape index (κ2) is 9.81. The van der Waals surface area contributed by atoms with E-state index in [1.807, 2.05) is 5.32 Å². The van der Waals surface area contributed by atoms with E-state index in [-0.39, 0.29) is 16.9 Å². The molecule has 1 heterocycles. The lowest BCUT2D eigenvalue weighted by atomic mass is 10.0. The number of nitrogens with zero attached hydrogens (tertiary/aromatic N) is 1. The van der Waals surface area contributed by atoms with E-state index < -0.39 is 36.3 Å². The number of rotatable bonds is 7. The van der Waals surface area contributed by atoms with Crippen molar-refractivity contribution in [3.8, 4) is 17.0 Å². The number of benzene rings is 2. The molecule has 0 saturated heterocycles. The normalized spacial score (nSPS) is 10.9. The Morgan fingerprint density at radius 3 is 2.39 bits per heavy atom. The van der Waals surface area contributed by atoms with E-state index in [9.17, 15) is 32.7 Å². The number of nitrogens with one attached hydrogen (secondary N) is 2. The SMILES string of the molecule is O=C([O-])Nc1ccc(OC(F)(F)F)cc1NC(=O)CC(=O)c1cccc(-c2ccccn2)c1. The number of ether oxygens (including phenoxy) is 1. The molecular weight excluding hydrogens is 443 g/mol. The molecule has 8 nitrogen and oxygen atoms in total. The summed E-state index contributed by atoms with van der Waals surface area (Å²) in [5.41, 5.74) is 0.884. The summed E-state index contributed by atoms with van der Waals surface area (Å²) < 4.78 is 41.2. The van der Waals surface area contributed by atoms with Gasteiger partial charge in [-0.2, -0.15) is 0 Å². The molecule has 2 N–H and O–H groups in total. The van der Waals surface area contributed by atoms with Crippen LogP contribution < -0.4 is 20.5 Å². The van der Waals surface area contributed by atoms with Crippen LogP contribution in [0.5, 0.6) is 5.75 Å². The maximum atomic E-state index is 12.6. The summed E-state index contributed by atoms with van der Waals surface area (Å²) in [5.74, 6) is -2.15. The topological polar surface area (TPSA) is 120 Å². The molecule has 2 aromatic carbocycles. The zero-order chi connectivity index (χ0) is 24.0. The number of pyridine rings is 1. The number of carbonyl (C=O) groups is 3. The minimum Gasteiger partial charge on any atom is -0.530 e. The summed E-state index contributed by atoms with van der Waals surface area (Å²) >= 11 is 0. The molecule has 0 spiro atoms. The van der Waals surface area contributed by atoms with Crippen LogP contribution in [-0.2, 0) is 4.79 Å². The lowest BCUT2D eigenvalue weighted by Gasteiger charge is -2.16. The smallest absolute Gasteiger partial charge is 0.530 e. The first-order valence-electron chi connectivity index (χ1n) is 9.33. The molecule has 0 saturated carbocycles. The van der Waals surface area contributed by atoms with Gasteiger partial charge in [-0.05, 0) is 30.3 Å². The first kappa shape index (κ1) is 23.3. The Balaban J connectivity index is 1.76. The number of hydrogen-bond donors (Lipinski definition) is 2. The van der Waals surface area contributed by atoms with Crippen molar-refractivity contribution < 1.29 is 37.4 Å². The van der Waals surface area contributed by atoms with Crippen LogP contribution in [-0.4, -0.2) is 29.1 Å². The second-order valence-electron chi connectivity index (χ2n) is 6.61. The van der Waals surface area contributed by atoms with Crippen LogP contribution in [0.1, 0.15) is 16.8 Å². The fourth-order valence-electron chi connectivity index (χ4n) is 2.87. The van der Waals surface area contributed by atoms with E-state index in [4.69, 9.17) is 0 Å². The van der Waals surface area contributed by atoms with Crippen LogP contribution >= 0.6 is 0 Å². The summed E-state index contributed by atoms with van der Waals surface area (Å²) in [5, 5.41) is 14.9. The van der Waals surface area contributed by atoms with E-state index in [0.717, 1.165) is 18.2 Å². The van der Waals surface area contributed by atoms with Crippen molar-refractivity contribution >= 4 is 29.2 Å². The maximum Gasteiger partial charge on any atom is 0.573 e. The summed E-state index contributed by atoms with van der Waals surface area (Å²) in [6.45, 7) is 0. The third-order valence-electron chi connectivity index (χ3n) is 4.20. The van der Waals surface area contributed by atoms with Crippen molar-refractivity contribution in [2.75, 3.05) is 10.6 Å². The maximum absolute atomic E-state index is 12.6. The Kier molecular flexibility index (Phi) is 6.91. The third kappa shape index (κ3) is 6.79. The third-order valence-corrected chi connectivity index (χ3v) is 4.20. The van der Waals surface area contributed by atoms with Crippen LogP contribution in [0.2, 0.25) is 0 Å². The number of alkyl halides is 3. The number of ketones is 1. The first-order valence-corrected chi connectivity index (χ1v) is 9.33. The molecule has 0 radical (unpaired) electrons. The largest absolute Gasteiger partial charge is 0.573 e. The van der Waals surface area contributed by atoms with Crippen LogP contribution in [0, 0.1) is 0 Å². The molecular formula is C22H15F3N3O5-. The highest BCUT2D eigenvalue weighted by Crippen LogP contribution is 2.31. The number of amides is 2. The molecule has 0 fully saturated rings. The monoisotopic (exact) mass is 458 g/mol. The van der Waals surface area contributed by atoms with E-state index in [1.54, 1.807) is 42.6 Å². The Morgan fingerprint density at radius 2 is 1.73 bits per heavy atom. The van der Waals surface area contributed by atoms with Gasteiger partial charge in [0.2, 0.25) is 5.91 Å². The molecule has 2 amide bonds. The zero-order valence-electron chi connectivity index (χ0n) is 16.7. The highest BCUT2D eigenvalue weighted by molar-refractivity contribution is 6.12. The van der Waals surface area contributed by atoms with Gasteiger partial charge in [0.25, 0.3) is 0 Å². The minimum atomic E-state index is -5.00. The number of halogens is 3. The summed E-state index contributed by atoms with van der Waals surface area (Å²) in [6, 6.07) is 14.2. The number of Topliss-reactive ketones (excluding diaryl/α,β-unsaturated/α-hetero) is 1. The fraction of sp³-hybridized carbons (Fsp3) is 0.0909. The van der Waals surface area contributed by atoms with Crippen molar-refractivity contribution in [2.45, 2.75) is 12.8 Å². The van der Waals surface area contributed by atoms with Crippen molar-refractivity contribution in [2.24, 2.45) is 0 Å². The van der Waals surface area contributed by atoms with Crippen molar-refractivity contribution in [1.82, 2.24) is 4.98 Å². The van der Waals surface area contributed by atoms with Crippen LogP contribution in [0.3, 0.4) is 0 Å². The van der Waals surface area contributed by atoms with Gasteiger partial charge >= 0.3 is 6.36 Å². The molecule has 0 aliphatic carbocycles. The molecule has 0 bridgehead atoms. The van der Waals surface area contributed by atoms with E-state index >= 15 is 0 Å². The predicted octanol–water partition coefficient (Wildman–Crippen LogP) is 3.61. The first-order chi connectivity index (χ1) is 15.6. The quantitative estimate of drug-likeness (QED) is 0.412. The summed E-state index contributed by atoms with van der Waals surface area (Å²) in [7, 11) is 0. The average molecular weight is 458 g/mol. The minimum absolute atomic E-state index is 0.218. The van der Waals surface area contributed by atoms with Crippen molar-refractivity contribution in [1.29, 1.82) is 0 Å². The molecule has 3 aromatic rings. The standard InChI is InChI=1S/C22H16F3N3O5/c23-22(24,25)33-15-7-8-17(28-21(31)32)18(11-15)27-20(30)12-19(29)14-5-3-4-13(10-14)16-6-1-2-9-26-16/h1-11,28H,12H2,(H,27,30)(H,31,32)/p-1. The molecule has 0 aliphatic rings. The number of carbonyl (C=O) groups excluding carboxylic acids is 3. The number of aromatic nitrogens is 1. The molecule has 0 aliphatic heterocycles. The van der Waals surface area contributed by atoms with Crippen LogP contribution in [0.4, 0.5) is 29.3 Å². The molecule has 0 unspecified atom stereocenters. The lowest BCUT2D eigenvalue weighted by molar-refractivity contribution is -0.274. The van der Waals surface area contributed by atoms with Gasteiger partial charge in [0.15, 0.2) is 5.78 Å². The van der Waals surface area contributed by atoms with Crippen LogP contribution in [0.25, 0.3) is 11.3 Å². The molecule has 3 rings (SSSR count). The van der Waals surface area contributed by atoms with E-state index in [2.05, 4.69) is 15.0 Å². The Labute approximate surface area is 185 Å². The summed E-state index contributed by atoms with van der Waals surface area (Å²) in [6.07, 6.45) is -5.82. The van der Waals surface area contributed by atoms with Crippen molar-refractivity contribution in [3.63, 3.8) is 0 Å². The number of carboxylic acid groups (broad SMARTS) is 1. The van der Waals surface area contributed by atoms with Gasteiger partial charge in [0.1, 0.15) is 11.8 Å². The van der Waals surface area contributed by atoms with Gasteiger partial charge in [-0.25, -0.2) is 0 Å². The molecule has 1 aromatic heterocycles. The Morgan fingerprint density at radius 1 is 0.939 bits per heavy atom. The van der Waals surface area contributed by atoms with Gasteiger partial charge < -0.3 is 25.3 Å². The average Bonchev–Trinajstić information content (AvgIpc) is 2.75. The second-order valence-corrected chi connectivity index (χ2v) is 6.61. The van der Waals surface area contributed by atoms with Crippen LogP contribution in [0.15, 0.2) is 66.9 Å². The molecule has 0 atom stereocenters. The zero-order valence-corrected chi connectivity index (χ0v) is 16.7. The number of hydrogen-bond acceptors (Lipinski definition) is 6. The van der Waals surface area contributed by atoms with Gasteiger partial charge in [-0.1, -0.05) is 24.3 Å². The highest BCUT2D eigenvalue weighted by atomic mass is 19.4. The molecule has 33 heavy (non-hydrogen) atoms. The number of anilines is 2. The molecule has 11 heteroatoms. The lowest BCUT2D eigenvalue weighted by Crippen LogP contribution is -2.29. The van der Waals surface area contributed by atoms with Gasteiger partial charge in [-0.3, -0.25) is 14.6 Å². The Hall–Kier alpha value is -4.41.